The number of rotatable bonds is 1. The fraction of sp³-hybridized carbons (Fsp3) is 0.375. The van der Waals surface area contributed by atoms with E-state index in [4.69, 9.17) is 14.0 Å². The van der Waals surface area contributed by atoms with Crippen molar-refractivity contribution < 1.29 is 23.6 Å². The van der Waals surface area contributed by atoms with Crippen LogP contribution in [-0.4, -0.2) is 26.4 Å². The van der Waals surface area contributed by atoms with Gasteiger partial charge in [-0.05, 0) is 38.0 Å². The molecular formula is C16H14INO5. The Morgan fingerprint density at radius 1 is 1.13 bits per heavy atom. The van der Waals surface area contributed by atoms with Gasteiger partial charge < -0.3 is 14.0 Å². The lowest BCUT2D eigenvalue weighted by atomic mass is 10.2. The van der Waals surface area contributed by atoms with Crippen molar-refractivity contribution in [3.05, 3.63) is 27.5 Å². The number of benzene rings is 1. The van der Waals surface area contributed by atoms with Crippen molar-refractivity contribution in [1.29, 1.82) is 0 Å². The predicted molar refractivity (Wildman–Crippen MR) is 89.9 cm³/mol. The molecule has 7 heteroatoms. The molecule has 6 nitrogen and oxygen atoms in total. The van der Waals surface area contributed by atoms with Crippen molar-refractivity contribution >= 4 is 47.1 Å². The van der Waals surface area contributed by atoms with Crippen molar-refractivity contribution in [2.75, 3.05) is 0 Å². The lowest BCUT2D eigenvalue weighted by molar-refractivity contribution is -0.224. The number of hydrogen-bond donors (Lipinski definition) is 0. The fourth-order valence-electron chi connectivity index (χ4n) is 2.93. The third-order valence-electron chi connectivity index (χ3n) is 4.10. The van der Waals surface area contributed by atoms with Gasteiger partial charge in [-0.1, -0.05) is 25.9 Å². The van der Waals surface area contributed by atoms with Crippen molar-refractivity contribution in [2.24, 2.45) is 0 Å². The number of carbonyl (C=O) groups excluding carboxylic acids is 2. The van der Waals surface area contributed by atoms with Gasteiger partial charge in [0.25, 0.3) is 5.79 Å². The number of carbonyl (C=O) groups is 2. The standard InChI is InChI=1S/C16H14INO5/c1-9-11-8-10(4-5-12(11)23-18-9)17-13-14(19)21-16(22-15(13)20)6-2-3-7-16/h4-5,8H,2-3,6-7H2,1H3. The average Bonchev–Trinajstić information content (AvgIpc) is 3.11. The second-order valence-corrected chi connectivity index (χ2v) is 8.58. The molecule has 0 amide bonds. The van der Waals surface area contributed by atoms with Gasteiger partial charge in [-0.3, -0.25) is 0 Å². The molecule has 0 radical (unpaired) electrons. The monoisotopic (exact) mass is 427 g/mol. The van der Waals surface area contributed by atoms with E-state index in [-0.39, 0.29) is 3.51 Å². The van der Waals surface area contributed by atoms with E-state index < -0.39 is 38.5 Å². The lowest BCUT2D eigenvalue weighted by Gasteiger charge is -2.32. The number of nitrogens with zero attached hydrogens (tertiary/aromatic N) is 1. The second kappa shape index (κ2) is 5.40. The van der Waals surface area contributed by atoms with E-state index in [9.17, 15) is 9.59 Å². The number of ether oxygens (including phenoxy) is 2. The highest BCUT2D eigenvalue weighted by Gasteiger charge is 2.48. The summed E-state index contributed by atoms with van der Waals surface area (Å²) in [5.74, 6) is -2.03. The van der Waals surface area contributed by atoms with Crippen molar-refractivity contribution in [3.63, 3.8) is 0 Å². The summed E-state index contributed by atoms with van der Waals surface area (Å²) >= 11 is -0.978. The summed E-state index contributed by atoms with van der Waals surface area (Å²) in [5.41, 5.74) is 1.48. The zero-order chi connectivity index (χ0) is 16.0. The van der Waals surface area contributed by atoms with Crippen LogP contribution in [0.25, 0.3) is 11.0 Å². The van der Waals surface area contributed by atoms with E-state index in [0.29, 0.717) is 18.4 Å². The van der Waals surface area contributed by atoms with E-state index >= 15 is 0 Å². The van der Waals surface area contributed by atoms with Crippen LogP contribution in [0.5, 0.6) is 0 Å². The minimum atomic E-state index is -1.00. The van der Waals surface area contributed by atoms with Crippen LogP contribution in [0, 0.1) is 10.5 Å². The SMILES string of the molecule is Cc1noc2ccc(I=C3C(=O)OC4(CCCC4)OC3=O)cc12. The molecule has 4 rings (SSSR count). The molecular weight excluding hydrogens is 413 g/mol. The summed E-state index contributed by atoms with van der Waals surface area (Å²) in [6, 6.07) is 5.58. The summed E-state index contributed by atoms with van der Waals surface area (Å²) in [7, 11) is 0. The largest absolute Gasteiger partial charge is 0.418 e. The molecule has 2 heterocycles. The van der Waals surface area contributed by atoms with Crippen LogP contribution in [0.2, 0.25) is 0 Å². The Kier molecular flexibility index (Phi) is 3.47. The first-order chi connectivity index (χ1) is 11.1. The molecule has 120 valence electrons. The van der Waals surface area contributed by atoms with Crippen LogP contribution >= 0.6 is 20.7 Å². The van der Waals surface area contributed by atoms with Crippen molar-refractivity contribution in [2.45, 2.75) is 38.4 Å². The van der Waals surface area contributed by atoms with Gasteiger partial charge >= 0.3 is 11.9 Å². The number of esters is 2. The van der Waals surface area contributed by atoms with Crippen LogP contribution in [-0.2, 0) is 19.1 Å². The zero-order valence-electron chi connectivity index (χ0n) is 12.4. The summed E-state index contributed by atoms with van der Waals surface area (Å²) in [6.07, 6.45) is 3.02. The molecule has 1 saturated heterocycles. The van der Waals surface area contributed by atoms with E-state index in [0.717, 1.165) is 27.5 Å². The Hall–Kier alpha value is -1.77. The van der Waals surface area contributed by atoms with Crippen LogP contribution in [0.1, 0.15) is 31.4 Å². The molecule has 0 bridgehead atoms. The number of aryl methyl sites for hydroxylation is 1. The summed E-state index contributed by atoms with van der Waals surface area (Å²) in [5, 5.41) is 4.80. The number of halogens is 1. The molecule has 2 fully saturated rings. The maximum absolute atomic E-state index is 12.3. The van der Waals surface area contributed by atoms with Gasteiger partial charge in [-0.2, -0.15) is 0 Å². The first-order valence-electron chi connectivity index (χ1n) is 7.41. The molecule has 1 aliphatic carbocycles. The van der Waals surface area contributed by atoms with Crippen LogP contribution in [0.4, 0.5) is 0 Å². The summed E-state index contributed by atoms with van der Waals surface area (Å²) in [6.45, 7) is 1.86. The summed E-state index contributed by atoms with van der Waals surface area (Å²) in [4.78, 5) is 24.6. The normalized spacial score (nSPS) is 20.1. The first-order valence-corrected chi connectivity index (χ1v) is 9.57. The van der Waals surface area contributed by atoms with E-state index in [2.05, 4.69) is 5.16 Å². The molecule has 1 spiro atoms. The molecule has 0 N–H and O–H groups in total. The van der Waals surface area contributed by atoms with E-state index in [1.165, 1.54) is 0 Å². The smallest absolute Gasteiger partial charge is 0.354 e. The van der Waals surface area contributed by atoms with Crippen molar-refractivity contribution in [1.82, 2.24) is 5.16 Å². The first kappa shape index (κ1) is 14.8. The lowest BCUT2D eigenvalue weighted by Crippen LogP contribution is -2.48. The van der Waals surface area contributed by atoms with Gasteiger partial charge in [-0.25, -0.2) is 9.59 Å². The Balaban J connectivity index is 1.68. The van der Waals surface area contributed by atoms with Crippen molar-refractivity contribution in [3.8, 4) is 0 Å². The van der Waals surface area contributed by atoms with Gasteiger partial charge in [0, 0.05) is 21.8 Å². The highest BCUT2D eigenvalue weighted by Crippen LogP contribution is 2.38. The van der Waals surface area contributed by atoms with E-state index in [1.54, 1.807) is 0 Å². The minimum absolute atomic E-state index is 0.148. The van der Waals surface area contributed by atoms with Crippen LogP contribution in [0.3, 0.4) is 0 Å². The Morgan fingerprint density at radius 3 is 2.52 bits per heavy atom. The second-order valence-electron chi connectivity index (χ2n) is 5.71. The van der Waals surface area contributed by atoms with Crippen LogP contribution in [0.15, 0.2) is 22.7 Å². The third-order valence-corrected chi connectivity index (χ3v) is 6.81. The molecule has 2 aromatic rings. The zero-order valence-corrected chi connectivity index (χ0v) is 14.6. The molecule has 1 saturated carbocycles. The topological polar surface area (TPSA) is 78.6 Å². The summed E-state index contributed by atoms with van der Waals surface area (Å²) < 4.78 is 17.2. The molecule has 0 atom stereocenters. The average molecular weight is 427 g/mol. The van der Waals surface area contributed by atoms with Gasteiger partial charge in [-0.15, -0.1) is 0 Å². The highest BCUT2D eigenvalue weighted by molar-refractivity contribution is 14.2. The maximum atomic E-state index is 12.3. The Morgan fingerprint density at radius 2 is 1.83 bits per heavy atom. The molecule has 2 aliphatic rings. The Labute approximate surface area is 141 Å². The highest BCUT2D eigenvalue weighted by atomic mass is 127. The minimum Gasteiger partial charge on any atom is -0.418 e. The van der Waals surface area contributed by atoms with Gasteiger partial charge in [0.05, 0.1) is 5.69 Å². The number of aromatic nitrogens is 1. The molecule has 0 unspecified atom stereocenters. The predicted octanol–water partition coefficient (Wildman–Crippen LogP) is 2.82. The molecule has 1 aliphatic heterocycles. The number of fused-ring (bicyclic) bond motifs is 1. The quantitative estimate of drug-likeness (QED) is 0.515. The van der Waals surface area contributed by atoms with Gasteiger partial charge in [0.15, 0.2) is 9.09 Å². The molecule has 23 heavy (non-hydrogen) atoms. The van der Waals surface area contributed by atoms with Gasteiger partial charge in [0.1, 0.15) is 0 Å². The van der Waals surface area contributed by atoms with E-state index in [1.807, 2.05) is 25.1 Å². The van der Waals surface area contributed by atoms with Crippen LogP contribution < -0.4 is 0 Å². The Bertz CT molecular complexity index is 825. The molecule has 1 aromatic carbocycles. The third kappa shape index (κ3) is 2.56. The number of hydrogen-bond acceptors (Lipinski definition) is 6. The van der Waals surface area contributed by atoms with Gasteiger partial charge in [0.2, 0.25) is 0 Å². The molecule has 1 aromatic heterocycles. The fourth-order valence-corrected chi connectivity index (χ4v) is 5.04. The maximum Gasteiger partial charge on any atom is 0.354 e.